The zero-order chi connectivity index (χ0) is 16.4. The normalized spacial score (nSPS) is 17.8. The minimum atomic E-state index is -1.01. The zero-order valence-corrected chi connectivity index (χ0v) is 12.5. The van der Waals surface area contributed by atoms with Gasteiger partial charge in [-0.3, -0.25) is 4.79 Å². The Kier molecular flexibility index (Phi) is 4.10. The fourth-order valence-corrected chi connectivity index (χ4v) is 2.47. The molecule has 0 bridgehead atoms. The molecule has 1 aliphatic rings. The Balaban J connectivity index is 1.72. The molecule has 23 heavy (non-hydrogen) atoms. The van der Waals surface area contributed by atoms with Crippen LogP contribution in [0, 0.1) is 5.82 Å². The minimum Gasteiger partial charge on any atom is -0.477 e. The van der Waals surface area contributed by atoms with Crippen LogP contribution in [0.1, 0.15) is 35.4 Å². The molecule has 0 N–H and O–H groups in total. The van der Waals surface area contributed by atoms with Crippen molar-refractivity contribution in [2.45, 2.75) is 25.6 Å². The number of Topliss-reactive ketones (excluding diaryl/α,β-unsaturated/α-hetero) is 1. The quantitative estimate of drug-likeness (QED) is 0.814. The number of benzene rings is 2. The van der Waals surface area contributed by atoms with Crippen LogP contribution >= 0.6 is 0 Å². The molecule has 1 heterocycles. The lowest BCUT2D eigenvalue weighted by Gasteiger charge is -2.25. The molecule has 2 aromatic carbocycles. The molecule has 0 spiro atoms. The van der Waals surface area contributed by atoms with Gasteiger partial charge in [-0.05, 0) is 30.7 Å². The number of halogens is 1. The number of hydrogen-bond donors (Lipinski definition) is 0. The van der Waals surface area contributed by atoms with Gasteiger partial charge in [0, 0.05) is 0 Å². The molecule has 0 aliphatic carbocycles. The Bertz CT molecular complexity index is 742. The fraction of sp³-hybridized carbons (Fsp3) is 0.222. The molecule has 2 atom stereocenters. The lowest BCUT2D eigenvalue weighted by molar-refractivity contribution is -0.157. The molecule has 5 heteroatoms. The minimum absolute atomic E-state index is 0.156. The summed E-state index contributed by atoms with van der Waals surface area (Å²) in [5, 5.41) is 0. The summed E-state index contributed by atoms with van der Waals surface area (Å²) in [7, 11) is 0. The first-order valence-corrected chi connectivity index (χ1v) is 7.29. The summed E-state index contributed by atoms with van der Waals surface area (Å²) in [4.78, 5) is 24.3. The number of carbonyl (C=O) groups excluding carboxylic acids is 2. The van der Waals surface area contributed by atoms with Crippen molar-refractivity contribution >= 4 is 11.8 Å². The summed E-state index contributed by atoms with van der Waals surface area (Å²) >= 11 is 0. The molecule has 0 fully saturated rings. The molecule has 0 amide bonds. The predicted molar refractivity (Wildman–Crippen MR) is 80.7 cm³/mol. The van der Waals surface area contributed by atoms with E-state index in [9.17, 15) is 14.0 Å². The van der Waals surface area contributed by atoms with Crippen LogP contribution in [0.5, 0.6) is 5.75 Å². The van der Waals surface area contributed by atoms with E-state index in [0.717, 1.165) is 11.6 Å². The van der Waals surface area contributed by atoms with Crippen LogP contribution in [-0.4, -0.2) is 17.9 Å². The van der Waals surface area contributed by atoms with Gasteiger partial charge in [0.25, 0.3) is 0 Å². The first kappa shape index (κ1) is 15.2. The van der Waals surface area contributed by atoms with Gasteiger partial charge in [0.05, 0.1) is 12.0 Å². The fourth-order valence-electron chi connectivity index (χ4n) is 2.47. The van der Waals surface area contributed by atoms with E-state index in [1.54, 1.807) is 6.92 Å². The molecule has 118 valence electrons. The summed E-state index contributed by atoms with van der Waals surface area (Å²) in [5.74, 6) is -1.25. The zero-order valence-electron chi connectivity index (χ0n) is 12.5. The first-order chi connectivity index (χ1) is 11.0. The molecule has 2 unspecified atom stereocenters. The molecule has 0 aromatic heterocycles. The number of esters is 1. The van der Waals surface area contributed by atoms with Gasteiger partial charge in [0.1, 0.15) is 17.7 Å². The number of ketones is 1. The van der Waals surface area contributed by atoms with Gasteiger partial charge in [0.15, 0.2) is 5.78 Å². The van der Waals surface area contributed by atoms with Crippen molar-refractivity contribution in [2.75, 3.05) is 0 Å². The highest BCUT2D eigenvalue weighted by molar-refractivity contribution is 6.02. The lowest BCUT2D eigenvalue weighted by Crippen LogP contribution is -2.36. The van der Waals surface area contributed by atoms with E-state index in [-0.39, 0.29) is 23.5 Å². The first-order valence-electron chi connectivity index (χ1n) is 7.29. The topological polar surface area (TPSA) is 52.6 Å². The lowest BCUT2D eigenvalue weighted by atomic mass is 10.0. The second-order valence-electron chi connectivity index (χ2n) is 5.36. The maximum absolute atomic E-state index is 13.2. The van der Waals surface area contributed by atoms with Gasteiger partial charge in [-0.2, -0.15) is 0 Å². The van der Waals surface area contributed by atoms with Crippen molar-refractivity contribution in [1.82, 2.24) is 0 Å². The van der Waals surface area contributed by atoms with Crippen molar-refractivity contribution < 1.29 is 23.5 Å². The van der Waals surface area contributed by atoms with E-state index < -0.39 is 24.0 Å². The van der Waals surface area contributed by atoms with E-state index >= 15 is 0 Å². The summed E-state index contributed by atoms with van der Waals surface area (Å²) < 4.78 is 24.1. The van der Waals surface area contributed by atoms with Crippen LogP contribution in [0.3, 0.4) is 0 Å². The monoisotopic (exact) mass is 314 g/mol. The third-order valence-electron chi connectivity index (χ3n) is 3.71. The van der Waals surface area contributed by atoms with Crippen molar-refractivity contribution in [3.63, 3.8) is 0 Å². The molecule has 3 rings (SSSR count). The maximum Gasteiger partial charge on any atom is 0.348 e. The van der Waals surface area contributed by atoms with Crippen molar-refractivity contribution in [3.8, 4) is 5.75 Å². The molecular formula is C18H15FO4. The summed E-state index contributed by atoms with van der Waals surface area (Å²) in [6, 6.07) is 12.9. The Hall–Kier alpha value is -2.69. The van der Waals surface area contributed by atoms with Gasteiger partial charge < -0.3 is 9.47 Å². The molecule has 2 aromatic rings. The number of ether oxygens (including phenoxy) is 2. The summed E-state index contributed by atoms with van der Waals surface area (Å²) in [6.07, 6.45) is -1.61. The van der Waals surface area contributed by atoms with E-state index in [0.29, 0.717) is 0 Å². The van der Waals surface area contributed by atoms with Gasteiger partial charge in [0.2, 0.25) is 6.10 Å². The van der Waals surface area contributed by atoms with Crippen molar-refractivity contribution in [3.05, 3.63) is 65.5 Å². The van der Waals surface area contributed by atoms with Gasteiger partial charge in [-0.25, -0.2) is 9.18 Å². The van der Waals surface area contributed by atoms with E-state index in [2.05, 4.69) is 0 Å². The Morgan fingerprint density at radius 2 is 2.00 bits per heavy atom. The highest BCUT2D eigenvalue weighted by Crippen LogP contribution is 2.29. The second-order valence-corrected chi connectivity index (χ2v) is 5.36. The number of hydrogen-bond acceptors (Lipinski definition) is 4. The average Bonchev–Trinajstić information content (AvgIpc) is 2.56. The average molecular weight is 314 g/mol. The SMILES string of the molecule is CC(OC(=O)C1CC(=O)c2cc(F)ccc2O1)c1ccccc1. The van der Waals surface area contributed by atoms with Crippen LogP contribution in [0.25, 0.3) is 0 Å². The van der Waals surface area contributed by atoms with E-state index in [1.165, 1.54) is 12.1 Å². The largest absolute Gasteiger partial charge is 0.477 e. The standard InChI is InChI=1S/C18H15FO4/c1-11(12-5-3-2-4-6-12)22-18(21)17-10-15(20)14-9-13(19)7-8-16(14)23-17/h2-9,11,17H,10H2,1H3. The second kappa shape index (κ2) is 6.20. The smallest absolute Gasteiger partial charge is 0.348 e. The third-order valence-corrected chi connectivity index (χ3v) is 3.71. The van der Waals surface area contributed by atoms with E-state index in [1.807, 2.05) is 30.3 Å². The molecular weight excluding hydrogens is 299 g/mol. The highest BCUT2D eigenvalue weighted by atomic mass is 19.1. The summed E-state index contributed by atoms with van der Waals surface area (Å²) in [5.41, 5.74) is 1.01. The van der Waals surface area contributed by atoms with Gasteiger partial charge in [-0.1, -0.05) is 30.3 Å². The van der Waals surface area contributed by atoms with Crippen LogP contribution in [0.4, 0.5) is 4.39 Å². The van der Waals surface area contributed by atoms with Crippen molar-refractivity contribution in [1.29, 1.82) is 0 Å². The Labute approximate surface area is 132 Å². The van der Waals surface area contributed by atoms with Gasteiger partial charge in [-0.15, -0.1) is 0 Å². The molecule has 0 saturated heterocycles. The van der Waals surface area contributed by atoms with Crippen LogP contribution in [-0.2, 0) is 9.53 Å². The molecule has 0 saturated carbocycles. The molecule has 4 nitrogen and oxygen atoms in total. The van der Waals surface area contributed by atoms with Crippen molar-refractivity contribution in [2.24, 2.45) is 0 Å². The number of rotatable bonds is 3. The van der Waals surface area contributed by atoms with Crippen LogP contribution in [0.2, 0.25) is 0 Å². The molecule has 1 aliphatic heterocycles. The predicted octanol–water partition coefficient (Wildman–Crippen LogP) is 3.46. The van der Waals surface area contributed by atoms with E-state index in [4.69, 9.17) is 9.47 Å². The third kappa shape index (κ3) is 3.23. The van der Waals surface area contributed by atoms with Gasteiger partial charge >= 0.3 is 5.97 Å². The number of fused-ring (bicyclic) bond motifs is 1. The van der Waals surface area contributed by atoms with Crippen LogP contribution in [0.15, 0.2) is 48.5 Å². The highest BCUT2D eigenvalue weighted by Gasteiger charge is 2.33. The Morgan fingerprint density at radius 3 is 2.74 bits per heavy atom. The maximum atomic E-state index is 13.2. The molecule has 0 radical (unpaired) electrons. The number of carbonyl (C=O) groups is 2. The summed E-state index contributed by atoms with van der Waals surface area (Å²) in [6.45, 7) is 1.75. The Morgan fingerprint density at radius 1 is 1.26 bits per heavy atom. The van der Waals surface area contributed by atoms with Crippen LogP contribution < -0.4 is 4.74 Å².